The molecule has 5 nitrogen and oxygen atoms in total. The van der Waals surface area contributed by atoms with Crippen LogP contribution >= 0.6 is 55.4 Å². The van der Waals surface area contributed by atoms with Crippen LogP contribution < -0.4 is 14.8 Å². The number of thioether (sulfide) groups is 2. The highest BCUT2D eigenvalue weighted by molar-refractivity contribution is 9.10. The van der Waals surface area contributed by atoms with Gasteiger partial charge in [-0.2, -0.15) is 26.3 Å². The Kier molecular flexibility index (Phi) is 14.8. The summed E-state index contributed by atoms with van der Waals surface area (Å²) in [6.45, 7) is 2.26. The summed E-state index contributed by atoms with van der Waals surface area (Å²) >= 11 is 8.82. The number of hydrogen-bond donors (Lipinski definition) is 1. The molecule has 0 aliphatic carbocycles. The van der Waals surface area contributed by atoms with Gasteiger partial charge in [-0.05, 0) is 92.4 Å². The minimum atomic E-state index is -4.46. The highest BCUT2D eigenvalue weighted by Crippen LogP contribution is 2.41. The molecule has 0 heterocycles. The normalized spacial score (nSPS) is 11.4. The summed E-state index contributed by atoms with van der Waals surface area (Å²) in [6, 6.07) is 18.4. The van der Waals surface area contributed by atoms with Gasteiger partial charge < -0.3 is 19.7 Å². The van der Waals surface area contributed by atoms with Crippen molar-refractivity contribution in [3.05, 3.63) is 104 Å². The lowest BCUT2D eigenvalue weighted by atomic mass is 10.1. The first-order valence-electron chi connectivity index (χ1n) is 14.3. The fraction of sp³-hybridized carbons (Fsp3) is 0.265. The van der Waals surface area contributed by atoms with Crippen LogP contribution in [-0.2, 0) is 30.2 Å². The van der Waals surface area contributed by atoms with Gasteiger partial charge in [-0.15, -0.1) is 23.5 Å². The fourth-order valence-electron chi connectivity index (χ4n) is 4.31. The number of alkyl halides is 6. The summed E-state index contributed by atoms with van der Waals surface area (Å²) < 4.78 is 92.1. The molecule has 49 heavy (non-hydrogen) atoms. The van der Waals surface area contributed by atoms with Crippen molar-refractivity contribution in [2.24, 2.45) is 0 Å². The predicted octanol–water partition coefficient (Wildman–Crippen LogP) is 11.7. The molecule has 0 radical (unpaired) electrons. The molecule has 0 spiro atoms. The van der Waals surface area contributed by atoms with E-state index in [1.807, 2.05) is 6.07 Å². The number of carbonyl (C=O) groups is 1. The molecule has 4 rings (SSSR count). The van der Waals surface area contributed by atoms with Crippen LogP contribution in [0.1, 0.15) is 29.2 Å². The van der Waals surface area contributed by atoms with Crippen LogP contribution in [0.4, 0.5) is 26.3 Å². The zero-order chi connectivity index (χ0) is 36.5. The molecular formula is C34H32Br2F6N2O3S2. The molecule has 0 unspecified atom stereocenters. The van der Waals surface area contributed by atoms with Crippen LogP contribution in [0, 0.1) is 0 Å². The predicted molar refractivity (Wildman–Crippen MR) is 190 cm³/mol. The number of nitrogens with one attached hydrogen (secondary N) is 1. The molecule has 0 saturated carbocycles. The van der Waals surface area contributed by atoms with Gasteiger partial charge in [-0.3, -0.25) is 4.79 Å². The molecule has 0 fully saturated rings. The molecule has 15 heteroatoms. The second-order valence-electron chi connectivity index (χ2n) is 10.3. The maximum atomic E-state index is 13.2. The minimum Gasteiger partial charge on any atom is -0.457 e. The van der Waals surface area contributed by atoms with E-state index in [2.05, 4.69) is 37.2 Å². The van der Waals surface area contributed by atoms with E-state index in [1.165, 1.54) is 30.0 Å². The Morgan fingerprint density at radius 3 is 1.55 bits per heavy atom. The van der Waals surface area contributed by atoms with Crippen molar-refractivity contribution in [3.63, 3.8) is 0 Å². The van der Waals surface area contributed by atoms with Crippen molar-refractivity contribution >= 4 is 61.3 Å². The van der Waals surface area contributed by atoms with E-state index in [9.17, 15) is 31.1 Å². The van der Waals surface area contributed by atoms with E-state index in [-0.39, 0.29) is 33.7 Å². The molecule has 0 aliphatic heterocycles. The number of carbonyl (C=O) groups excluding carboxylic acids is 1. The van der Waals surface area contributed by atoms with Gasteiger partial charge >= 0.3 is 12.4 Å². The minimum absolute atomic E-state index is 0.0872. The van der Waals surface area contributed by atoms with Crippen molar-refractivity contribution in [3.8, 4) is 23.0 Å². The highest BCUT2D eigenvalue weighted by Gasteiger charge is 2.35. The first-order chi connectivity index (χ1) is 23.0. The molecule has 0 atom stereocenters. The second-order valence-corrected chi connectivity index (χ2v) is 13.9. The molecule has 1 amide bonds. The summed E-state index contributed by atoms with van der Waals surface area (Å²) in [7, 11) is 3.43. The molecule has 0 aromatic heterocycles. The van der Waals surface area contributed by atoms with E-state index in [0.717, 1.165) is 50.2 Å². The van der Waals surface area contributed by atoms with Crippen LogP contribution in [0.5, 0.6) is 23.0 Å². The third-order valence-electron chi connectivity index (χ3n) is 6.77. The lowest BCUT2D eigenvalue weighted by Gasteiger charge is -2.19. The third-order valence-corrected chi connectivity index (χ3v) is 9.34. The Hall–Kier alpha value is -2.85. The molecule has 264 valence electrons. The first kappa shape index (κ1) is 40.6. The van der Waals surface area contributed by atoms with Gasteiger partial charge in [0, 0.05) is 56.9 Å². The highest BCUT2D eigenvalue weighted by atomic mass is 79.9. The molecule has 0 bridgehead atoms. The topological polar surface area (TPSA) is 50.8 Å². The molecule has 4 aromatic carbocycles. The quantitative estimate of drug-likeness (QED) is 0.127. The Morgan fingerprint density at radius 1 is 0.735 bits per heavy atom. The maximum absolute atomic E-state index is 13.2. The monoisotopic (exact) mass is 852 g/mol. The Morgan fingerprint density at radius 2 is 1.16 bits per heavy atom. The van der Waals surface area contributed by atoms with Crippen LogP contribution in [-0.4, -0.2) is 37.4 Å². The van der Waals surface area contributed by atoms with Gasteiger partial charge in [0.15, 0.2) is 0 Å². The fourth-order valence-corrected chi connectivity index (χ4v) is 6.33. The second kappa shape index (κ2) is 17.9. The number of rotatable bonds is 10. The van der Waals surface area contributed by atoms with Gasteiger partial charge in [-0.25, -0.2) is 0 Å². The van der Waals surface area contributed by atoms with E-state index >= 15 is 0 Å². The van der Waals surface area contributed by atoms with Crippen LogP contribution in [0.2, 0.25) is 0 Å². The molecule has 0 aliphatic rings. The Labute approximate surface area is 306 Å². The smallest absolute Gasteiger partial charge is 0.417 e. The standard InChI is InChI=1S/C18H17BrF3NO2S.C16H15BrF3NOS/c1-11(24)23(2)10-12-8-13(19)4-6-16(12)25-14-5-7-17(26-3)15(9-14)18(20,21)22;1-21-9-10-7-11(17)3-5-14(10)22-12-4-6-15(23-2)13(8-12)16(18,19)20/h4-9H,10H2,1-3H3;3-8,21H,9H2,1-2H3. The van der Waals surface area contributed by atoms with Gasteiger partial charge in [0.2, 0.25) is 5.91 Å². The molecule has 0 saturated heterocycles. The summed E-state index contributed by atoms with van der Waals surface area (Å²) in [5, 5.41) is 3.01. The van der Waals surface area contributed by atoms with Crippen LogP contribution in [0.25, 0.3) is 0 Å². The summed E-state index contributed by atoms with van der Waals surface area (Å²) in [4.78, 5) is 13.3. The number of benzene rings is 4. The number of nitrogens with zero attached hydrogens (tertiary/aromatic N) is 1. The first-order valence-corrected chi connectivity index (χ1v) is 18.3. The Bertz CT molecular complexity index is 1760. The van der Waals surface area contributed by atoms with Crippen molar-refractivity contribution < 1.29 is 40.6 Å². The van der Waals surface area contributed by atoms with Crippen molar-refractivity contribution in [1.82, 2.24) is 10.2 Å². The van der Waals surface area contributed by atoms with Crippen LogP contribution in [0.3, 0.4) is 0 Å². The zero-order valence-electron chi connectivity index (χ0n) is 26.9. The third kappa shape index (κ3) is 11.9. The van der Waals surface area contributed by atoms with Gasteiger partial charge in [0.1, 0.15) is 23.0 Å². The summed E-state index contributed by atoms with van der Waals surface area (Å²) in [5.41, 5.74) is 0.112. The van der Waals surface area contributed by atoms with Gasteiger partial charge in [-0.1, -0.05) is 31.9 Å². The largest absolute Gasteiger partial charge is 0.457 e. The van der Waals surface area contributed by atoms with E-state index in [0.29, 0.717) is 23.6 Å². The zero-order valence-corrected chi connectivity index (χ0v) is 31.7. The van der Waals surface area contributed by atoms with E-state index in [4.69, 9.17) is 9.47 Å². The average molecular weight is 855 g/mol. The number of ether oxygens (including phenoxy) is 2. The Balaban J connectivity index is 0.000000267. The average Bonchev–Trinajstić information content (AvgIpc) is 3.03. The molecule has 4 aromatic rings. The molecular weight excluding hydrogens is 822 g/mol. The summed E-state index contributed by atoms with van der Waals surface area (Å²) in [6.07, 6.45) is -5.67. The van der Waals surface area contributed by atoms with Crippen molar-refractivity contribution in [2.45, 2.75) is 42.2 Å². The van der Waals surface area contributed by atoms with Crippen molar-refractivity contribution in [2.75, 3.05) is 26.6 Å². The van der Waals surface area contributed by atoms with Gasteiger partial charge in [0.25, 0.3) is 0 Å². The number of hydrogen-bond acceptors (Lipinski definition) is 6. The lowest BCUT2D eigenvalue weighted by molar-refractivity contribution is -0.140. The van der Waals surface area contributed by atoms with E-state index in [1.54, 1.807) is 63.0 Å². The van der Waals surface area contributed by atoms with Crippen LogP contribution in [0.15, 0.2) is 91.5 Å². The van der Waals surface area contributed by atoms with Crippen molar-refractivity contribution in [1.29, 1.82) is 0 Å². The molecule has 1 N–H and O–H groups in total. The maximum Gasteiger partial charge on any atom is 0.417 e. The number of halogens is 8. The number of amides is 1. The summed E-state index contributed by atoms with van der Waals surface area (Å²) in [5.74, 6) is 1.04. The lowest BCUT2D eigenvalue weighted by Crippen LogP contribution is -2.23. The SMILES string of the molecule is CNCc1cc(Br)ccc1Oc1ccc(SC)c(C(F)(F)F)c1.CSc1ccc(Oc2ccc(Br)cc2CN(C)C(C)=O)cc1C(F)(F)F. The van der Waals surface area contributed by atoms with E-state index < -0.39 is 23.5 Å². The van der Waals surface area contributed by atoms with Gasteiger partial charge in [0.05, 0.1) is 11.1 Å².